The highest BCUT2D eigenvalue weighted by Gasteiger charge is 2.04. The fourth-order valence-corrected chi connectivity index (χ4v) is 1.63. The Balaban J connectivity index is 2.04. The Morgan fingerprint density at radius 3 is 2.63 bits per heavy atom. The monoisotopic (exact) mass is 333 g/mol. The average Bonchev–Trinajstić information content (AvgIpc) is 2.42. The van der Waals surface area contributed by atoms with E-state index in [1.165, 1.54) is 0 Å². The van der Waals surface area contributed by atoms with Crippen LogP contribution in [0.5, 0.6) is 5.75 Å². The minimum absolute atomic E-state index is 0.0314. The molecule has 0 aliphatic heterocycles. The molecular formula is C13H20BrNO4. The summed E-state index contributed by atoms with van der Waals surface area (Å²) in [6.45, 7) is 2.21. The van der Waals surface area contributed by atoms with Crippen molar-refractivity contribution in [2.24, 2.45) is 0 Å². The van der Waals surface area contributed by atoms with Gasteiger partial charge in [-0.05, 0) is 24.3 Å². The van der Waals surface area contributed by atoms with E-state index in [1.54, 1.807) is 0 Å². The van der Waals surface area contributed by atoms with Gasteiger partial charge in [0.15, 0.2) is 0 Å². The third-order valence-electron chi connectivity index (χ3n) is 2.29. The largest absolute Gasteiger partial charge is 0.491 e. The fraction of sp³-hybridized carbons (Fsp3) is 0.538. The van der Waals surface area contributed by atoms with Crippen molar-refractivity contribution in [3.63, 3.8) is 0 Å². The second kappa shape index (κ2) is 10.2. The first kappa shape index (κ1) is 16.4. The number of nitrogens with one attached hydrogen (secondary N) is 1. The van der Waals surface area contributed by atoms with Crippen LogP contribution in [-0.4, -0.2) is 55.8 Å². The molecule has 0 saturated carbocycles. The molecule has 5 nitrogen and oxygen atoms in total. The second-order valence-electron chi connectivity index (χ2n) is 3.96. The molecule has 19 heavy (non-hydrogen) atoms. The zero-order valence-electron chi connectivity index (χ0n) is 10.7. The topological polar surface area (TPSA) is 71.0 Å². The molecule has 0 fully saturated rings. The summed E-state index contributed by atoms with van der Waals surface area (Å²) in [5.41, 5.74) is 0. The van der Waals surface area contributed by atoms with Crippen LogP contribution in [0.15, 0.2) is 28.7 Å². The van der Waals surface area contributed by atoms with E-state index in [9.17, 15) is 5.11 Å². The van der Waals surface area contributed by atoms with Crippen molar-refractivity contribution >= 4 is 15.9 Å². The highest BCUT2D eigenvalue weighted by Crippen LogP contribution is 2.16. The number of aliphatic hydroxyl groups is 2. The van der Waals surface area contributed by atoms with Gasteiger partial charge in [0.05, 0.1) is 19.8 Å². The molecule has 6 heteroatoms. The summed E-state index contributed by atoms with van der Waals surface area (Å²) in [6.07, 6.45) is -0.568. The SMILES string of the molecule is OCCOCCNCC(O)COc1ccc(Br)cc1. The van der Waals surface area contributed by atoms with Crippen LogP contribution in [-0.2, 0) is 4.74 Å². The molecule has 108 valence electrons. The molecule has 0 aromatic heterocycles. The van der Waals surface area contributed by atoms with Crippen LogP contribution in [0.3, 0.4) is 0 Å². The molecule has 0 radical (unpaired) electrons. The first-order chi connectivity index (χ1) is 9.22. The fourth-order valence-electron chi connectivity index (χ4n) is 1.36. The van der Waals surface area contributed by atoms with Gasteiger partial charge < -0.3 is 25.0 Å². The number of halogens is 1. The van der Waals surface area contributed by atoms with Crippen LogP contribution in [0.25, 0.3) is 0 Å². The summed E-state index contributed by atoms with van der Waals surface area (Å²) in [5.74, 6) is 0.730. The lowest BCUT2D eigenvalue weighted by Gasteiger charge is -2.13. The van der Waals surface area contributed by atoms with Gasteiger partial charge in [-0.1, -0.05) is 15.9 Å². The summed E-state index contributed by atoms with van der Waals surface area (Å²) < 4.78 is 11.5. The number of benzene rings is 1. The predicted octanol–water partition coefficient (Wildman–Crippen LogP) is 0.787. The van der Waals surface area contributed by atoms with Gasteiger partial charge in [0.1, 0.15) is 18.5 Å². The van der Waals surface area contributed by atoms with Gasteiger partial charge in [0.25, 0.3) is 0 Å². The van der Waals surface area contributed by atoms with Crippen molar-refractivity contribution in [2.45, 2.75) is 6.10 Å². The molecule has 0 aliphatic rings. The van der Waals surface area contributed by atoms with E-state index in [0.717, 1.165) is 10.2 Å². The van der Waals surface area contributed by atoms with Crippen LogP contribution in [0, 0.1) is 0 Å². The van der Waals surface area contributed by atoms with Crippen molar-refractivity contribution in [3.8, 4) is 5.75 Å². The molecule has 1 aromatic rings. The Hall–Kier alpha value is -0.660. The maximum Gasteiger partial charge on any atom is 0.119 e. The lowest BCUT2D eigenvalue weighted by molar-refractivity contribution is 0.0842. The minimum atomic E-state index is -0.568. The first-order valence-electron chi connectivity index (χ1n) is 6.18. The van der Waals surface area contributed by atoms with Crippen LogP contribution in [0.4, 0.5) is 0 Å². The van der Waals surface area contributed by atoms with Gasteiger partial charge in [0.2, 0.25) is 0 Å². The first-order valence-corrected chi connectivity index (χ1v) is 6.97. The third-order valence-corrected chi connectivity index (χ3v) is 2.82. The van der Waals surface area contributed by atoms with E-state index in [-0.39, 0.29) is 13.2 Å². The van der Waals surface area contributed by atoms with E-state index < -0.39 is 6.10 Å². The van der Waals surface area contributed by atoms with Gasteiger partial charge in [0, 0.05) is 17.6 Å². The molecular weight excluding hydrogens is 314 g/mol. The van der Waals surface area contributed by atoms with Gasteiger partial charge in [-0.15, -0.1) is 0 Å². The molecule has 0 spiro atoms. The van der Waals surface area contributed by atoms with E-state index in [2.05, 4.69) is 21.2 Å². The summed E-state index contributed by atoms with van der Waals surface area (Å²) in [7, 11) is 0. The van der Waals surface area contributed by atoms with Crippen LogP contribution < -0.4 is 10.1 Å². The zero-order chi connectivity index (χ0) is 13.9. The molecule has 1 rings (SSSR count). The van der Waals surface area contributed by atoms with Gasteiger partial charge >= 0.3 is 0 Å². The summed E-state index contributed by atoms with van der Waals surface area (Å²) >= 11 is 3.34. The lowest BCUT2D eigenvalue weighted by atomic mass is 10.3. The zero-order valence-corrected chi connectivity index (χ0v) is 12.3. The number of hydrogen-bond donors (Lipinski definition) is 3. The smallest absolute Gasteiger partial charge is 0.119 e. The van der Waals surface area contributed by atoms with Crippen molar-refractivity contribution in [1.82, 2.24) is 5.32 Å². The normalized spacial score (nSPS) is 12.4. The van der Waals surface area contributed by atoms with Crippen molar-refractivity contribution in [1.29, 1.82) is 0 Å². The van der Waals surface area contributed by atoms with Crippen LogP contribution >= 0.6 is 15.9 Å². The molecule has 0 saturated heterocycles. The Morgan fingerprint density at radius 1 is 1.21 bits per heavy atom. The van der Waals surface area contributed by atoms with Gasteiger partial charge in [-0.2, -0.15) is 0 Å². The molecule has 0 bridgehead atoms. The van der Waals surface area contributed by atoms with Crippen LogP contribution in [0.2, 0.25) is 0 Å². The summed E-state index contributed by atoms with van der Waals surface area (Å²) in [4.78, 5) is 0. The predicted molar refractivity (Wildman–Crippen MR) is 76.4 cm³/mol. The number of ether oxygens (including phenoxy) is 2. The van der Waals surface area contributed by atoms with E-state index in [0.29, 0.717) is 26.3 Å². The molecule has 1 atom stereocenters. The third kappa shape index (κ3) is 8.18. The Labute approximate surface area is 121 Å². The molecule has 3 N–H and O–H groups in total. The Kier molecular flexibility index (Phi) is 8.77. The molecule has 1 aromatic carbocycles. The average molecular weight is 334 g/mol. The highest BCUT2D eigenvalue weighted by atomic mass is 79.9. The number of aliphatic hydroxyl groups excluding tert-OH is 2. The molecule has 1 unspecified atom stereocenters. The molecule has 0 heterocycles. The highest BCUT2D eigenvalue weighted by molar-refractivity contribution is 9.10. The second-order valence-corrected chi connectivity index (χ2v) is 4.87. The van der Waals surface area contributed by atoms with Crippen LogP contribution in [0.1, 0.15) is 0 Å². The summed E-state index contributed by atoms with van der Waals surface area (Å²) in [5, 5.41) is 21.2. The molecule has 0 aliphatic carbocycles. The Morgan fingerprint density at radius 2 is 1.95 bits per heavy atom. The van der Waals surface area contributed by atoms with Crippen molar-refractivity contribution < 1.29 is 19.7 Å². The number of rotatable bonds is 10. The maximum atomic E-state index is 9.69. The van der Waals surface area contributed by atoms with E-state index in [4.69, 9.17) is 14.6 Å². The van der Waals surface area contributed by atoms with E-state index >= 15 is 0 Å². The lowest BCUT2D eigenvalue weighted by Crippen LogP contribution is -2.33. The number of hydrogen-bond acceptors (Lipinski definition) is 5. The van der Waals surface area contributed by atoms with Crippen molar-refractivity contribution in [3.05, 3.63) is 28.7 Å². The maximum absolute atomic E-state index is 9.69. The quantitative estimate of drug-likeness (QED) is 0.552. The minimum Gasteiger partial charge on any atom is -0.491 e. The summed E-state index contributed by atoms with van der Waals surface area (Å²) in [6, 6.07) is 7.46. The Bertz CT molecular complexity index is 334. The molecule has 0 amide bonds. The van der Waals surface area contributed by atoms with Crippen molar-refractivity contribution in [2.75, 3.05) is 39.5 Å². The van der Waals surface area contributed by atoms with Gasteiger partial charge in [-0.25, -0.2) is 0 Å². The van der Waals surface area contributed by atoms with E-state index in [1.807, 2.05) is 24.3 Å². The standard InChI is InChI=1S/C13H20BrNO4/c14-11-1-3-13(4-2-11)19-10-12(17)9-15-5-7-18-8-6-16/h1-4,12,15-17H,5-10H2. The van der Waals surface area contributed by atoms with Gasteiger partial charge in [-0.3, -0.25) is 0 Å².